The maximum absolute atomic E-state index is 13.3. The molecule has 2 aromatic rings. The van der Waals surface area contributed by atoms with Gasteiger partial charge in [0.2, 0.25) is 0 Å². The standard InChI is InChI=1S/C22H32FN5S/c1-4-24-22(25-16-20(27(2)3)17-7-9-18(23)10-8-17)26-19-11-13-28(14-12-19)21-6-5-15-29-21/h5-10,15,19-20H,4,11-14,16H2,1-3H3,(H2,24,25,26). The van der Waals surface area contributed by atoms with Gasteiger partial charge in [-0.25, -0.2) is 4.39 Å². The summed E-state index contributed by atoms with van der Waals surface area (Å²) in [6.07, 6.45) is 2.19. The largest absolute Gasteiger partial charge is 0.363 e. The predicted molar refractivity (Wildman–Crippen MR) is 121 cm³/mol. The van der Waals surface area contributed by atoms with E-state index in [4.69, 9.17) is 4.99 Å². The van der Waals surface area contributed by atoms with Crippen molar-refractivity contribution in [2.24, 2.45) is 4.99 Å². The molecule has 0 amide bonds. The average molecular weight is 418 g/mol. The lowest BCUT2D eigenvalue weighted by atomic mass is 10.1. The Morgan fingerprint density at radius 3 is 2.55 bits per heavy atom. The topological polar surface area (TPSA) is 42.9 Å². The van der Waals surface area contributed by atoms with E-state index < -0.39 is 0 Å². The van der Waals surface area contributed by atoms with E-state index in [2.05, 4.69) is 44.9 Å². The molecule has 1 atom stereocenters. The van der Waals surface area contributed by atoms with E-state index in [0.717, 1.165) is 44.0 Å². The molecular formula is C22H32FN5S. The molecule has 1 saturated heterocycles. The number of likely N-dealkylation sites (N-methyl/N-ethyl adjacent to an activating group) is 1. The van der Waals surface area contributed by atoms with Crippen LogP contribution in [-0.2, 0) is 0 Å². The molecule has 1 fully saturated rings. The van der Waals surface area contributed by atoms with Crippen LogP contribution in [0.25, 0.3) is 0 Å². The molecule has 7 heteroatoms. The van der Waals surface area contributed by atoms with Gasteiger partial charge in [-0.3, -0.25) is 4.99 Å². The van der Waals surface area contributed by atoms with Gasteiger partial charge in [0.1, 0.15) is 5.82 Å². The first-order valence-electron chi connectivity index (χ1n) is 10.3. The molecule has 2 N–H and O–H groups in total. The zero-order chi connectivity index (χ0) is 20.6. The molecule has 0 radical (unpaired) electrons. The Labute approximate surface area is 177 Å². The van der Waals surface area contributed by atoms with Gasteiger partial charge < -0.3 is 20.4 Å². The second-order valence-corrected chi connectivity index (χ2v) is 8.53. The van der Waals surface area contributed by atoms with E-state index in [1.54, 1.807) is 11.3 Å². The summed E-state index contributed by atoms with van der Waals surface area (Å²) in [5.41, 5.74) is 1.07. The lowest BCUT2D eigenvalue weighted by Gasteiger charge is -2.33. The molecule has 1 unspecified atom stereocenters. The van der Waals surface area contributed by atoms with Gasteiger partial charge in [0, 0.05) is 25.7 Å². The second-order valence-electron chi connectivity index (χ2n) is 7.61. The summed E-state index contributed by atoms with van der Waals surface area (Å²) in [5, 5.41) is 10.5. The van der Waals surface area contributed by atoms with Crippen LogP contribution >= 0.6 is 11.3 Å². The number of anilines is 1. The minimum absolute atomic E-state index is 0.103. The summed E-state index contributed by atoms with van der Waals surface area (Å²) in [6, 6.07) is 11.6. The van der Waals surface area contributed by atoms with Gasteiger partial charge in [-0.1, -0.05) is 12.1 Å². The number of benzene rings is 1. The second kappa shape index (κ2) is 10.6. The first-order valence-corrected chi connectivity index (χ1v) is 11.2. The number of aliphatic imine (C=N–C) groups is 1. The van der Waals surface area contributed by atoms with Crippen LogP contribution in [0.15, 0.2) is 46.8 Å². The molecule has 0 spiro atoms. The fourth-order valence-electron chi connectivity index (χ4n) is 3.64. The Morgan fingerprint density at radius 1 is 1.24 bits per heavy atom. The van der Waals surface area contributed by atoms with E-state index >= 15 is 0 Å². The van der Waals surface area contributed by atoms with Crippen LogP contribution in [0.1, 0.15) is 31.4 Å². The number of thiophene rings is 1. The Balaban J connectivity index is 1.59. The van der Waals surface area contributed by atoms with E-state index in [9.17, 15) is 4.39 Å². The third-order valence-corrected chi connectivity index (χ3v) is 6.23. The molecule has 0 bridgehead atoms. The normalized spacial score (nSPS) is 16.9. The van der Waals surface area contributed by atoms with Gasteiger partial charge in [0.05, 0.1) is 17.6 Å². The summed E-state index contributed by atoms with van der Waals surface area (Å²) < 4.78 is 13.3. The first-order chi connectivity index (χ1) is 14.1. The van der Waals surface area contributed by atoms with E-state index in [1.807, 2.05) is 26.2 Å². The molecule has 0 aliphatic carbocycles. The number of piperidine rings is 1. The highest BCUT2D eigenvalue weighted by Crippen LogP contribution is 2.25. The van der Waals surface area contributed by atoms with Crippen molar-refractivity contribution in [3.8, 4) is 0 Å². The van der Waals surface area contributed by atoms with Gasteiger partial charge in [-0.15, -0.1) is 11.3 Å². The maximum atomic E-state index is 13.3. The van der Waals surface area contributed by atoms with Crippen molar-refractivity contribution in [2.75, 3.05) is 45.2 Å². The number of nitrogens with zero attached hydrogens (tertiary/aromatic N) is 3. The summed E-state index contributed by atoms with van der Waals surface area (Å²) in [6.45, 7) is 5.64. The van der Waals surface area contributed by atoms with Crippen LogP contribution in [0, 0.1) is 5.82 Å². The number of halogens is 1. The zero-order valence-corrected chi connectivity index (χ0v) is 18.4. The number of rotatable bonds is 7. The average Bonchev–Trinajstić information content (AvgIpc) is 3.25. The maximum Gasteiger partial charge on any atom is 0.191 e. The van der Waals surface area contributed by atoms with Gasteiger partial charge in [-0.2, -0.15) is 0 Å². The third-order valence-electron chi connectivity index (χ3n) is 5.30. The molecule has 3 rings (SSSR count). The summed E-state index contributed by atoms with van der Waals surface area (Å²) in [5.74, 6) is 0.648. The van der Waals surface area contributed by atoms with Crippen molar-refractivity contribution in [3.05, 3.63) is 53.2 Å². The zero-order valence-electron chi connectivity index (χ0n) is 17.6. The number of guanidine groups is 1. The van der Waals surface area contributed by atoms with Crippen molar-refractivity contribution in [2.45, 2.75) is 31.8 Å². The first kappa shape index (κ1) is 21.6. The number of nitrogens with one attached hydrogen (secondary N) is 2. The van der Waals surface area contributed by atoms with Crippen LogP contribution in [0.2, 0.25) is 0 Å². The molecule has 158 valence electrons. The number of hydrogen-bond donors (Lipinski definition) is 2. The van der Waals surface area contributed by atoms with Crippen LogP contribution in [0.4, 0.5) is 9.39 Å². The lowest BCUT2D eigenvalue weighted by Crippen LogP contribution is -2.48. The fraction of sp³-hybridized carbons (Fsp3) is 0.500. The molecule has 29 heavy (non-hydrogen) atoms. The predicted octanol–water partition coefficient (Wildman–Crippen LogP) is 3.71. The van der Waals surface area contributed by atoms with E-state index in [0.29, 0.717) is 12.6 Å². The Bertz CT molecular complexity index is 752. The molecule has 1 aliphatic heterocycles. The van der Waals surface area contributed by atoms with Crippen LogP contribution in [0.3, 0.4) is 0 Å². The van der Waals surface area contributed by atoms with Crippen molar-refractivity contribution in [3.63, 3.8) is 0 Å². The van der Waals surface area contributed by atoms with Gasteiger partial charge in [0.15, 0.2) is 5.96 Å². The van der Waals surface area contributed by atoms with Crippen molar-refractivity contribution in [1.29, 1.82) is 0 Å². The number of hydrogen-bond acceptors (Lipinski definition) is 4. The minimum Gasteiger partial charge on any atom is -0.363 e. The van der Waals surface area contributed by atoms with Crippen molar-refractivity contribution >= 4 is 22.3 Å². The molecule has 1 aromatic carbocycles. The fourth-order valence-corrected chi connectivity index (χ4v) is 4.42. The van der Waals surface area contributed by atoms with Crippen LogP contribution in [0.5, 0.6) is 0 Å². The Morgan fingerprint density at radius 2 is 1.97 bits per heavy atom. The third kappa shape index (κ3) is 6.18. The molecule has 5 nitrogen and oxygen atoms in total. The quantitative estimate of drug-likeness (QED) is 0.532. The SMILES string of the molecule is CCNC(=NCC(c1ccc(F)cc1)N(C)C)NC1CCN(c2cccs2)CC1. The Kier molecular flexibility index (Phi) is 7.89. The van der Waals surface area contributed by atoms with Crippen LogP contribution in [-0.4, -0.2) is 57.2 Å². The highest BCUT2D eigenvalue weighted by atomic mass is 32.1. The molecule has 1 aliphatic rings. The highest BCUT2D eigenvalue weighted by molar-refractivity contribution is 7.14. The molecule has 2 heterocycles. The molecule has 1 aromatic heterocycles. The lowest BCUT2D eigenvalue weighted by molar-refractivity contribution is 0.306. The summed E-state index contributed by atoms with van der Waals surface area (Å²) in [4.78, 5) is 9.43. The van der Waals surface area contributed by atoms with Crippen molar-refractivity contribution in [1.82, 2.24) is 15.5 Å². The summed E-state index contributed by atoms with van der Waals surface area (Å²) in [7, 11) is 4.06. The van der Waals surface area contributed by atoms with Gasteiger partial charge in [0.25, 0.3) is 0 Å². The Hall–Kier alpha value is -2.12. The smallest absolute Gasteiger partial charge is 0.191 e. The van der Waals surface area contributed by atoms with Crippen LogP contribution < -0.4 is 15.5 Å². The highest BCUT2D eigenvalue weighted by Gasteiger charge is 2.21. The van der Waals surface area contributed by atoms with Crippen molar-refractivity contribution < 1.29 is 4.39 Å². The minimum atomic E-state index is -0.210. The van der Waals surface area contributed by atoms with Gasteiger partial charge >= 0.3 is 0 Å². The monoisotopic (exact) mass is 417 g/mol. The molecule has 0 saturated carbocycles. The van der Waals surface area contributed by atoms with E-state index in [1.165, 1.54) is 17.1 Å². The van der Waals surface area contributed by atoms with E-state index in [-0.39, 0.29) is 11.9 Å². The van der Waals surface area contributed by atoms with Gasteiger partial charge in [-0.05, 0) is 69.1 Å². The summed E-state index contributed by atoms with van der Waals surface area (Å²) >= 11 is 1.81. The molecular weight excluding hydrogens is 385 g/mol.